The third kappa shape index (κ3) is 2.35. The fraction of sp³-hybridized carbons (Fsp3) is 1.00. The summed E-state index contributed by atoms with van der Waals surface area (Å²) in [5.74, 6) is 0.922. The third-order valence-electron chi connectivity index (χ3n) is 6.24. The van der Waals surface area contributed by atoms with Crippen molar-refractivity contribution in [2.45, 2.75) is 73.1 Å². The van der Waals surface area contributed by atoms with Crippen LogP contribution in [0.3, 0.4) is 0 Å². The summed E-state index contributed by atoms with van der Waals surface area (Å²) in [5.41, 5.74) is 1.83. The molecule has 0 heterocycles. The van der Waals surface area contributed by atoms with Crippen molar-refractivity contribution in [3.63, 3.8) is 0 Å². The van der Waals surface area contributed by atoms with E-state index in [9.17, 15) is 0 Å². The second-order valence-electron chi connectivity index (χ2n) is 8.15. The van der Waals surface area contributed by atoms with Gasteiger partial charge >= 0.3 is 0 Å². The maximum atomic E-state index is 3.67. The summed E-state index contributed by atoms with van der Waals surface area (Å²) in [6, 6.07) is 0. The topological polar surface area (TPSA) is 12.0 Å². The first-order valence-corrected chi connectivity index (χ1v) is 8.06. The summed E-state index contributed by atoms with van der Waals surface area (Å²) < 4.78 is 0. The summed E-state index contributed by atoms with van der Waals surface area (Å²) >= 11 is 0. The van der Waals surface area contributed by atoms with Crippen LogP contribution < -0.4 is 5.32 Å². The van der Waals surface area contributed by atoms with E-state index >= 15 is 0 Å². The van der Waals surface area contributed by atoms with E-state index in [1.165, 1.54) is 51.6 Å². The van der Waals surface area contributed by atoms with E-state index in [1.807, 2.05) is 0 Å². The Morgan fingerprint density at radius 1 is 1.00 bits per heavy atom. The van der Waals surface area contributed by atoms with Gasteiger partial charge in [-0.25, -0.2) is 0 Å². The molecule has 2 aliphatic rings. The summed E-state index contributed by atoms with van der Waals surface area (Å²) in [4.78, 5) is 0. The highest BCUT2D eigenvalue weighted by Gasteiger charge is 2.69. The normalized spacial score (nSPS) is 37.5. The zero-order chi connectivity index (χ0) is 13.4. The van der Waals surface area contributed by atoms with Crippen molar-refractivity contribution >= 4 is 0 Å². The zero-order valence-electron chi connectivity index (χ0n) is 13.2. The molecule has 106 valence electrons. The van der Waals surface area contributed by atoms with Crippen LogP contribution >= 0.6 is 0 Å². The van der Waals surface area contributed by atoms with Crippen LogP contribution in [0.15, 0.2) is 0 Å². The van der Waals surface area contributed by atoms with Gasteiger partial charge in [0.05, 0.1) is 0 Å². The van der Waals surface area contributed by atoms with Crippen LogP contribution in [0.25, 0.3) is 0 Å². The molecule has 0 saturated heterocycles. The molecule has 2 saturated carbocycles. The van der Waals surface area contributed by atoms with E-state index in [2.05, 4.69) is 39.9 Å². The highest BCUT2D eigenvalue weighted by Crippen LogP contribution is 2.74. The Bertz CT molecular complexity index is 292. The fourth-order valence-electron chi connectivity index (χ4n) is 4.62. The van der Waals surface area contributed by atoms with Crippen LogP contribution in [-0.2, 0) is 0 Å². The van der Waals surface area contributed by atoms with Gasteiger partial charge in [-0.05, 0) is 67.4 Å². The number of hydrogen-bond donors (Lipinski definition) is 1. The van der Waals surface area contributed by atoms with Crippen LogP contribution in [-0.4, -0.2) is 13.1 Å². The minimum absolute atomic E-state index is 0.578. The second-order valence-corrected chi connectivity index (χ2v) is 8.15. The molecule has 0 aromatic rings. The number of hydrogen-bond acceptors (Lipinski definition) is 1. The first-order chi connectivity index (χ1) is 8.36. The molecule has 2 fully saturated rings. The minimum Gasteiger partial charge on any atom is -0.316 e. The van der Waals surface area contributed by atoms with Gasteiger partial charge in [-0.15, -0.1) is 0 Å². The van der Waals surface area contributed by atoms with Gasteiger partial charge in [-0.3, -0.25) is 0 Å². The zero-order valence-corrected chi connectivity index (χ0v) is 13.2. The molecule has 1 heteroatoms. The predicted octanol–water partition coefficient (Wildman–Crippen LogP) is 4.62. The Morgan fingerprint density at radius 2 is 1.72 bits per heavy atom. The lowest BCUT2D eigenvalue weighted by Gasteiger charge is -2.23. The lowest BCUT2D eigenvalue weighted by atomic mass is 9.83. The van der Waals surface area contributed by atoms with Crippen LogP contribution in [0.5, 0.6) is 0 Å². The first kappa shape index (κ1) is 14.4. The Hall–Kier alpha value is -0.0400. The molecule has 1 nitrogen and oxygen atoms in total. The van der Waals surface area contributed by atoms with Gasteiger partial charge in [0, 0.05) is 0 Å². The summed E-state index contributed by atoms with van der Waals surface area (Å²) in [6.45, 7) is 14.7. The number of rotatable bonds is 4. The van der Waals surface area contributed by atoms with Crippen LogP contribution in [0.1, 0.15) is 73.1 Å². The monoisotopic (exact) mass is 251 g/mol. The lowest BCUT2D eigenvalue weighted by Crippen LogP contribution is -2.20. The molecule has 1 spiro atoms. The molecule has 2 rings (SSSR count). The maximum absolute atomic E-state index is 3.67. The van der Waals surface area contributed by atoms with Gasteiger partial charge in [-0.1, -0.05) is 41.0 Å². The van der Waals surface area contributed by atoms with Crippen molar-refractivity contribution in [2.75, 3.05) is 13.1 Å². The Kier molecular flexibility index (Phi) is 3.84. The largest absolute Gasteiger partial charge is 0.316 e. The smallest absolute Gasteiger partial charge is 0.000968 e. The highest BCUT2D eigenvalue weighted by atomic mass is 14.9. The lowest BCUT2D eigenvalue weighted by molar-refractivity contribution is 0.285. The van der Waals surface area contributed by atoms with Gasteiger partial charge in [0.25, 0.3) is 0 Å². The van der Waals surface area contributed by atoms with Gasteiger partial charge in [-0.2, -0.15) is 0 Å². The van der Waals surface area contributed by atoms with Crippen LogP contribution in [0, 0.1) is 22.2 Å². The molecular formula is C17H33N. The molecular weight excluding hydrogens is 218 g/mol. The SMILES string of the molecule is CCCNCC1C(C)(C)C12CCCC(C)(C)CC2. The Labute approximate surface area is 114 Å². The van der Waals surface area contributed by atoms with E-state index in [0.717, 1.165) is 5.92 Å². The maximum Gasteiger partial charge on any atom is -0.000968 e. The van der Waals surface area contributed by atoms with Gasteiger partial charge in [0.1, 0.15) is 0 Å². The predicted molar refractivity (Wildman–Crippen MR) is 79.7 cm³/mol. The van der Waals surface area contributed by atoms with Crippen LogP contribution in [0.2, 0.25) is 0 Å². The van der Waals surface area contributed by atoms with Gasteiger partial charge in [0.15, 0.2) is 0 Å². The van der Waals surface area contributed by atoms with Crippen molar-refractivity contribution in [2.24, 2.45) is 22.2 Å². The summed E-state index contributed by atoms with van der Waals surface area (Å²) in [6.07, 6.45) is 8.50. The molecule has 0 radical (unpaired) electrons. The van der Waals surface area contributed by atoms with Crippen molar-refractivity contribution < 1.29 is 0 Å². The van der Waals surface area contributed by atoms with Crippen molar-refractivity contribution in [1.29, 1.82) is 0 Å². The molecule has 0 amide bonds. The number of nitrogens with one attached hydrogen (secondary N) is 1. The quantitative estimate of drug-likeness (QED) is 0.719. The molecule has 0 aromatic carbocycles. The summed E-state index contributed by atoms with van der Waals surface area (Å²) in [5, 5.41) is 3.67. The van der Waals surface area contributed by atoms with Crippen molar-refractivity contribution in [1.82, 2.24) is 5.32 Å². The van der Waals surface area contributed by atoms with E-state index < -0.39 is 0 Å². The second kappa shape index (κ2) is 4.81. The van der Waals surface area contributed by atoms with Crippen molar-refractivity contribution in [3.8, 4) is 0 Å². The third-order valence-corrected chi connectivity index (χ3v) is 6.24. The molecule has 0 aromatic heterocycles. The van der Waals surface area contributed by atoms with E-state index in [1.54, 1.807) is 0 Å². The van der Waals surface area contributed by atoms with E-state index in [-0.39, 0.29) is 0 Å². The fourth-order valence-corrected chi connectivity index (χ4v) is 4.62. The molecule has 2 unspecified atom stereocenters. The highest BCUT2D eigenvalue weighted by molar-refractivity contribution is 5.18. The van der Waals surface area contributed by atoms with E-state index in [4.69, 9.17) is 0 Å². The molecule has 0 bridgehead atoms. The van der Waals surface area contributed by atoms with Crippen LogP contribution in [0.4, 0.5) is 0 Å². The van der Waals surface area contributed by atoms with Gasteiger partial charge < -0.3 is 5.32 Å². The summed E-state index contributed by atoms with van der Waals surface area (Å²) in [7, 11) is 0. The Morgan fingerprint density at radius 3 is 2.39 bits per heavy atom. The minimum atomic E-state index is 0.578. The van der Waals surface area contributed by atoms with Crippen molar-refractivity contribution in [3.05, 3.63) is 0 Å². The molecule has 18 heavy (non-hydrogen) atoms. The molecule has 2 atom stereocenters. The molecule has 2 aliphatic carbocycles. The molecule has 0 aliphatic heterocycles. The standard InChI is InChI=1S/C17H33N/c1-6-12-18-13-14-16(4,5)17(14)9-7-8-15(2,3)10-11-17/h14,18H,6-13H2,1-5H3. The Balaban J connectivity index is 1.98. The first-order valence-electron chi connectivity index (χ1n) is 8.06. The van der Waals surface area contributed by atoms with E-state index in [0.29, 0.717) is 16.2 Å². The van der Waals surface area contributed by atoms with Gasteiger partial charge in [0.2, 0.25) is 0 Å². The molecule has 1 N–H and O–H groups in total. The average Bonchev–Trinajstić information content (AvgIpc) is 2.80. The average molecular weight is 251 g/mol.